The Bertz CT molecular complexity index is 2460. The van der Waals surface area contributed by atoms with Gasteiger partial charge in [-0.2, -0.15) is 0 Å². The van der Waals surface area contributed by atoms with Crippen LogP contribution in [0.15, 0.2) is 158 Å². The molecule has 1 aliphatic rings. The third-order valence-corrected chi connectivity index (χ3v) is 9.96. The summed E-state index contributed by atoms with van der Waals surface area (Å²) >= 11 is 0. The number of hydrogen-bond donors (Lipinski definition) is 0. The Balaban J connectivity index is 1.38. The molecule has 8 aromatic rings. The highest BCUT2D eigenvalue weighted by molar-refractivity contribution is 6.22. The van der Waals surface area contributed by atoms with E-state index in [0.29, 0.717) is 0 Å². The largest absolute Gasteiger partial charge is 0.255 e. The Morgan fingerprint density at radius 1 is 0.404 bits per heavy atom. The minimum Gasteiger partial charge on any atom is -0.255 e. The van der Waals surface area contributed by atoms with Crippen LogP contribution in [-0.2, 0) is 5.41 Å². The van der Waals surface area contributed by atoms with Gasteiger partial charge in [0.15, 0.2) is 0 Å². The number of benzene rings is 6. The topological polar surface area (TPSA) is 25.8 Å². The average molecular weight is 601 g/mol. The predicted molar refractivity (Wildman–Crippen MR) is 196 cm³/mol. The fraction of sp³-hybridized carbons (Fsp3) is 0.0667. The summed E-state index contributed by atoms with van der Waals surface area (Å²) in [5.74, 6) is 0. The quantitative estimate of drug-likeness (QED) is 0.188. The maximum atomic E-state index is 4.93. The van der Waals surface area contributed by atoms with E-state index < -0.39 is 0 Å². The molecule has 9 rings (SSSR count). The van der Waals surface area contributed by atoms with Gasteiger partial charge < -0.3 is 0 Å². The van der Waals surface area contributed by atoms with Gasteiger partial charge in [-0.25, -0.2) is 0 Å². The van der Waals surface area contributed by atoms with Crippen LogP contribution in [0.3, 0.4) is 0 Å². The molecule has 222 valence electrons. The third-order valence-electron chi connectivity index (χ3n) is 9.96. The van der Waals surface area contributed by atoms with Crippen molar-refractivity contribution in [3.05, 3.63) is 169 Å². The Kier molecular flexibility index (Phi) is 6.20. The second-order valence-electron chi connectivity index (χ2n) is 13.0. The summed E-state index contributed by atoms with van der Waals surface area (Å²) in [6.45, 7) is 4.73. The van der Waals surface area contributed by atoms with E-state index in [-0.39, 0.29) is 5.41 Å². The monoisotopic (exact) mass is 600 g/mol. The summed E-state index contributed by atoms with van der Waals surface area (Å²) in [7, 11) is 0. The average Bonchev–Trinajstić information content (AvgIpc) is 3.36. The molecule has 0 aliphatic heterocycles. The van der Waals surface area contributed by atoms with E-state index in [1.54, 1.807) is 0 Å². The zero-order valence-electron chi connectivity index (χ0n) is 26.4. The van der Waals surface area contributed by atoms with E-state index in [1.165, 1.54) is 71.6 Å². The fourth-order valence-corrected chi connectivity index (χ4v) is 7.69. The van der Waals surface area contributed by atoms with Crippen LogP contribution in [0.1, 0.15) is 25.0 Å². The van der Waals surface area contributed by atoms with Crippen LogP contribution < -0.4 is 0 Å². The van der Waals surface area contributed by atoms with E-state index in [4.69, 9.17) is 4.98 Å². The van der Waals surface area contributed by atoms with Gasteiger partial charge in [0.2, 0.25) is 0 Å². The number of pyridine rings is 2. The molecule has 0 saturated heterocycles. The van der Waals surface area contributed by atoms with Crippen LogP contribution in [0, 0.1) is 0 Å². The van der Waals surface area contributed by atoms with Crippen molar-refractivity contribution in [3.8, 4) is 55.9 Å². The van der Waals surface area contributed by atoms with Crippen LogP contribution >= 0.6 is 0 Å². The van der Waals surface area contributed by atoms with Crippen molar-refractivity contribution in [1.82, 2.24) is 9.97 Å². The first-order valence-corrected chi connectivity index (χ1v) is 16.2. The van der Waals surface area contributed by atoms with E-state index in [0.717, 1.165) is 17.0 Å². The van der Waals surface area contributed by atoms with Crippen LogP contribution in [0.2, 0.25) is 0 Å². The summed E-state index contributed by atoms with van der Waals surface area (Å²) in [4.78, 5) is 9.47. The maximum Gasteiger partial charge on any atom is 0.0886 e. The Morgan fingerprint density at radius 3 is 1.83 bits per heavy atom. The first kappa shape index (κ1) is 27.5. The molecule has 1 aliphatic carbocycles. The van der Waals surface area contributed by atoms with Crippen molar-refractivity contribution in [2.45, 2.75) is 19.3 Å². The highest BCUT2D eigenvalue weighted by Gasteiger charge is 2.36. The maximum absolute atomic E-state index is 4.93. The van der Waals surface area contributed by atoms with Crippen molar-refractivity contribution < 1.29 is 0 Å². The van der Waals surface area contributed by atoms with E-state index in [9.17, 15) is 0 Å². The van der Waals surface area contributed by atoms with Gasteiger partial charge in [-0.3, -0.25) is 9.97 Å². The molecule has 0 saturated carbocycles. The minimum atomic E-state index is -0.110. The molecule has 0 radical (unpaired) electrons. The van der Waals surface area contributed by atoms with Crippen molar-refractivity contribution in [2.75, 3.05) is 0 Å². The highest BCUT2D eigenvalue weighted by atomic mass is 14.8. The van der Waals surface area contributed by atoms with Crippen molar-refractivity contribution in [2.24, 2.45) is 0 Å². The fourth-order valence-electron chi connectivity index (χ4n) is 7.69. The van der Waals surface area contributed by atoms with Gasteiger partial charge in [-0.05, 0) is 108 Å². The number of fused-ring (bicyclic) bond motifs is 5. The van der Waals surface area contributed by atoms with Gasteiger partial charge in [0.25, 0.3) is 0 Å². The second-order valence-corrected chi connectivity index (χ2v) is 13.0. The molecule has 0 fully saturated rings. The zero-order chi connectivity index (χ0) is 31.5. The minimum absolute atomic E-state index is 0.110. The highest BCUT2D eigenvalue weighted by Crippen LogP contribution is 2.53. The molecule has 47 heavy (non-hydrogen) atoms. The lowest BCUT2D eigenvalue weighted by molar-refractivity contribution is 0.661. The standard InChI is InChI=1S/C45H32N2/c1-45(2)39-20-9-8-17-33(39)36-26-37-38(27-40(36)45)43(31-16-12-15-30(25-31)29-13-4-3-5-14-29)34-18-6-7-19-35(34)44(37)32-22-23-42(47-28-32)41-21-10-11-24-46-41/h3-28H,1-2H3. The smallest absolute Gasteiger partial charge is 0.0886 e. The normalized spacial score (nSPS) is 13.1. The number of hydrogen-bond acceptors (Lipinski definition) is 2. The molecule has 0 amide bonds. The van der Waals surface area contributed by atoms with Gasteiger partial charge in [-0.15, -0.1) is 0 Å². The molecule has 2 heterocycles. The molecule has 2 nitrogen and oxygen atoms in total. The molecule has 6 aromatic carbocycles. The molecular weight excluding hydrogens is 569 g/mol. The number of rotatable bonds is 4. The Labute approximate surface area is 275 Å². The lowest BCUT2D eigenvalue weighted by Gasteiger charge is -2.24. The van der Waals surface area contributed by atoms with Crippen molar-refractivity contribution >= 4 is 21.5 Å². The second kappa shape index (κ2) is 10.6. The van der Waals surface area contributed by atoms with E-state index in [1.807, 2.05) is 30.6 Å². The summed E-state index contributed by atoms with van der Waals surface area (Å²) in [6.07, 6.45) is 3.84. The van der Waals surface area contributed by atoms with Crippen molar-refractivity contribution in [3.63, 3.8) is 0 Å². The molecule has 2 heteroatoms. The van der Waals surface area contributed by atoms with E-state index in [2.05, 4.69) is 146 Å². The summed E-state index contributed by atoms with van der Waals surface area (Å²) in [5, 5.41) is 4.96. The van der Waals surface area contributed by atoms with Crippen LogP contribution in [0.4, 0.5) is 0 Å². The van der Waals surface area contributed by atoms with Crippen LogP contribution in [-0.4, -0.2) is 9.97 Å². The molecule has 0 N–H and O–H groups in total. The first-order valence-electron chi connectivity index (χ1n) is 16.2. The Hall–Kier alpha value is -5.86. The first-order chi connectivity index (χ1) is 23.1. The summed E-state index contributed by atoms with van der Waals surface area (Å²) in [6, 6.07) is 52.7. The molecule has 2 aromatic heterocycles. The molecule has 0 spiro atoms. The SMILES string of the molecule is CC1(C)c2ccccc2-c2cc3c(-c4ccc(-c5ccccn5)nc4)c4ccccc4c(-c4cccc(-c5ccccc5)c4)c3cc21. The van der Waals surface area contributed by atoms with Gasteiger partial charge in [0.05, 0.1) is 11.4 Å². The lowest BCUT2D eigenvalue weighted by atomic mass is 9.79. The van der Waals surface area contributed by atoms with Gasteiger partial charge in [0, 0.05) is 23.4 Å². The number of nitrogens with zero attached hydrogens (tertiary/aromatic N) is 2. The molecule has 0 atom stereocenters. The number of aromatic nitrogens is 2. The molecule has 0 bridgehead atoms. The Morgan fingerprint density at radius 2 is 1.06 bits per heavy atom. The molecule has 0 unspecified atom stereocenters. The predicted octanol–water partition coefficient (Wildman–Crippen LogP) is 11.8. The van der Waals surface area contributed by atoms with Gasteiger partial charge in [-0.1, -0.05) is 123 Å². The van der Waals surface area contributed by atoms with E-state index >= 15 is 0 Å². The van der Waals surface area contributed by atoms with Gasteiger partial charge >= 0.3 is 0 Å². The molecular formula is C45H32N2. The third kappa shape index (κ3) is 4.33. The van der Waals surface area contributed by atoms with Gasteiger partial charge in [0.1, 0.15) is 0 Å². The zero-order valence-corrected chi connectivity index (χ0v) is 26.4. The summed E-state index contributed by atoms with van der Waals surface area (Å²) in [5.41, 5.74) is 14.3. The van der Waals surface area contributed by atoms with Crippen molar-refractivity contribution in [1.29, 1.82) is 0 Å². The summed E-state index contributed by atoms with van der Waals surface area (Å²) < 4.78 is 0. The van der Waals surface area contributed by atoms with Crippen LogP contribution in [0.5, 0.6) is 0 Å². The van der Waals surface area contributed by atoms with Crippen LogP contribution in [0.25, 0.3) is 77.4 Å². The lowest BCUT2D eigenvalue weighted by Crippen LogP contribution is -2.14.